The van der Waals surface area contributed by atoms with Crippen LogP contribution in [0.1, 0.15) is 18.9 Å². The molecule has 3 aromatic rings. The van der Waals surface area contributed by atoms with E-state index < -0.39 is 5.82 Å². The van der Waals surface area contributed by atoms with Crippen LogP contribution in [0.2, 0.25) is 5.02 Å². The molecule has 0 radical (unpaired) electrons. The minimum Gasteiger partial charge on any atom is -0.394 e. The number of hydrogen-bond acceptors (Lipinski definition) is 2. The molecule has 1 heterocycles. The van der Waals surface area contributed by atoms with Gasteiger partial charge in [0.2, 0.25) is 5.91 Å². The number of carbonyl (C=O) groups is 1. The lowest BCUT2D eigenvalue weighted by atomic mass is 10.0. The third kappa shape index (κ3) is 4.28. The van der Waals surface area contributed by atoms with Gasteiger partial charge in [-0.15, -0.1) is 0 Å². The van der Waals surface area contributed by atoms with Crippen molar-refractivity contribution in [2.75, 3.05) is 6.61 Å². The first-order valence-electron chi connectivity index (χ1n) is 8.54. The number of carbonyl (C=O) groups excluding carboxylic acids is 1. The van der Waals surface area contributed by atoms with E-state index in [1.807, 2.05) is 0 Å². The van der Waals surface area contributed by atoms with Crippen LogP contribution in [0.3, 0.4) is 0 Å². The van der Waals surface area contributed by atoms with Crippen LogP contribution in [0.5, 0.6) is 0 Å². The van der Waals surface area contributed by atoms with Crippen molar-refractivity contribution in [3.63, 3.8) is 0 Å². The maximum atomic E-state index is 14.4. The van der Waals surface area contributed by atoms with Crippen molar-refractivity contribution < 1.29 is 18.7 Å². The van der Waals surface area contributed by atoms with E-state index in [4.69, 9.17) is 16.7 Å². The molecule has 1 amide bonds. The van der Waals surface area contributed by atoms with E-state index in [2.05, 4.69) is 10.3 Å². The number of benzene rings is 2. The first-order valence-corrected chi connectivity index (χ1v) is 8.92. The lowest BCUT2D eigenvalue weighted by Crippen LogP contribution is -2.35. The summed E-state index contributed by atoms with van der Waals surface area (Å²) in [6.07, 6.45) is 0.482. The van der Waals surface area contributed by atoms with Crippen LogP contribution in [0.15, 0.2) is 36.4 Å². The van der Waals surface area contributed by atoms with Crippen LogP contribution in [-0.4, -0.2) is 28.6 Å². The highest BCUT2D eigenvalue weighted by Gasteiger charge is 2.18. The summed E-state index contributed by atoms with van der Waals surface area (Å²) in [6, 6.07) is 8.35. The second-order valence-corrected chi connectivity index (χ2v) is 6.88. The molecule has 3 N–H and O–H groups in total. The van der Waals surface area contributed by atoms with Crippen molar-refractivity contribution in [3.05, 3.63) is 58.6 Å². The zero-order valence-electron chi connectivity index (χ0n) is 14.7. The van der Waals surface area contributed by atoms with E-state index >= 15 is 0 Å². The fourth-order valence-corrected chi connectivity index (χ4v) is 3.23. The number of hydrogen-bond donors (Lipinski definition) is 3. The fraction of sp³-hybridized carbons (Fsp3) is 0.250. The molecule has 3 rings (SSSR count). The van der Waals surface area contributed by atoms with E-state index in [-0.39, 0.29) is 41.3 Å². The molecular formula is C20H19ClF2N2O2. The highest BCUT2D eigenvalue weighted by molar-refractivity contribution is 6.31. The van der Waals surface area contributed by atoms with Gasteiger partial charge in [-0.05, 0) is 60.9 Å². The minimum atomic E-state index is -0.495. The Morgan fingerprint density at radius 2 is 1.96 bits per heavy atom. The molecule has 0 saturated heterocycles. The number of amides is 1. The first kappa shape index (κ1) is 19.3. The molecule has 0 aliphatic rings. The summed E-state index contributed by atoms with van der Waals surface area (Å²) in [7, 11) is 0. The Hall–Kier alpha value is -2.44. The number of aromatic amines is 1. The van der Waals surface area contributed by atoms with Gasteiger partial charge in [0.15, 0.2) is 0 Å². The van der Waals surface area contributed by atoms with Gasteiger partial charge < -0.3 is 15.4 Å². The standard InChI is InChI=1S/C20H19ClF2N2O2/c1-11(10-26)24-18(27)7-6-15-16-8-13(21)9-17(23)20(16)25-19(15)12-2-4-14(22)5-3-12/h2-5,8-9,11,25-26H,6-7,10H2,1H3,(H,24,27)/t11-/m0/s1. The van der Waals surface area contributed by atoms with E-state index in [0.29, 0.717) is 23.1 Å². The summed E-state index contributed by atoms with van der Waals surface area (Å²) in [5.74, 6) is -1.09. The molecule has 7 heteroatoms. The SMILES string of the molecule is C[C@@H](CO)NC(=O)CCc1c(-c2ccc(F)cc2)[nH]c2c(F)cc(Cl)cc12. The largest absolute Gasteiger partial charge is 0.394 e. The third-order valence-electron chi connectivity index (χ3n) is 4.35. The Bertz CT molecular complexity index is 970. The Labute approximate surface area is 160 Å². The maximum absolute atomic E-state index is 14.4. The van der Waals surface area contributed by atoms with Gasteiger partial charge in [0, 0.05) is 28.6 Å². The summed E-state index contributed by atoms with van der Waals surface area (Å²) in [5, 5.41) is 12.6. The van der Waals surface area contributed by atoms with Gasteiger partial charge in [0.05, 0.1) is 12.1 Å². The topological polar surface area (TPSA) is 65.1 Å². The number of fused-ring (bicyclic) bond motifs is 1. The van der Waals surface area contributed by atoms with Crippen LogP contribution in [-0.2, 0) is 11.2 Å². The molecule has 0 fully saturated rings. The van der Waals surface area contributed by atoms with Crippen molar-refractivity contribution >= 4 is 28.4 Å². The molecule has 27 heavy (non-hydrogen) atoms. The molecule has 0 aliphatic heterocycles. The average molecular weight is 393 g/mol. The second kappa shape index (κ2) is 8.06. The van der Waals surface area contributed by atoms with Crippen molar-refractivity contribution in [1.29, 1.82) is 0 Å². The number of halogens is 3. The zero-order valence-corrected chi connectivity index (χ0v) is 15.4. The predicted molar refractivity (Wildman–Crippen MR) is 102 cm³/mol. The minimum absolute atomic E-state index is 0.152. The van der Waals surface area contributed by atoms with Gasteiger partial charge in [-0.2, -0.15) is 0 Å². The molecule has 0 bridgehead atoms. The van der Waals surface area contributed by atoms with Crippen LogP contribution >= 0.6 is 11.6 Å². The highest BCUT2D eigenvalue weighted by Crippen LogP contribution is 2.34. The smallest absolute Gasteiger partial charge is 0.220 e. The molecule has 142 valence electrons. The van der Waals surface area contributed by atoms with Gasteiger partial charge in [-0.25, -0.2) is 8.78 Å². The van der Waals surface area contributed by atoms with Gasteiger partial charge in [0.1, 0.15) is 11.6 Å². The second-order valence-electron chi connectivity index (χ2n) is 6.45. The summed E-state index contributed by atoms with van der Waals surface area (Å²) in [4.78, 5) is 15.1. The number of aromatic nitrogens is 1. The first-order chi connectivity index (χ1) is 12.9. The normalized spacial score (nSPS) is 12.3. The Kier molecular flexibility index (Phi) is 5.77. The van der Waals surface area contributed by atoms with E-state index in [0.717, 1.165) is 5.56 Å². The summed E-state index contributed by atoms with van der Waals surface area (Å²) < 4.78 is 27.6. The monoisotopic (exact) mass is 392 g/mol. The number of rotatable bonds is 6. The number of aryl methyl sites for hydroxylation is 1. The Morgan fingerprint density at radius 1 is 1.26 bits per heavy atom. The fourth-order valence-electron chi connectivity index (χ4n) is 3.03. The summed E-state index contributed by atoms with van der Waals surface area (Å²) >= 11 is 6.01. The molecule has 1 aromatic heterocycles. The van der Waals surface area contributed by atoms with Crippen LogP contribution in [0, 0.1) is 11.6 Å². The summed E-state index contributed by atoms with van der Waals surface area (Å²) in [5.41, 5.74) is 2.32. The van der Waals surface area contributed by atoms with Crippen LogP contribution in [0.4, 0.5) is 8.78 Å². The van der Waals surface area contributed by atoms with Crippen molar-refractivity contribution in [1.82, 2.24) is 10.3 Å². The lowest BCUT2D eigenvalue weighted by Gasteiger charge is -2.11. The number of aliphatic hydroxyl groups is 1. The zero-order chi connectivity index (χ0) is 19.6. The molecule has 4 nitrogen and oxygen atoms in total. The summed E-state index contributed by atoms with van der Waals surface area (Å²) in [6.45, 7) is 1.54. The van der Waals surface area contributed by atoms with Crippen LogP contribution in [0.25, 0.3) is 22.2 Å². The van der Waals surface area contributed by atoms with E-state index in [1.54, 1.807) is 25.1 Å². The average Bonchev–Trinajstić information content (AvgIpc) is 2.99. The highest BCUT2D eigenvalue weighted by atomic mass is 35.5. The lowest BCUT2D eigenvalue weighted by molar-refractivity contribution is -0.121. The van der Waals surface area contributed by atoms with Gasteiger partial charge >= 0.3 is 0 Å². The van der Waals surface area contributed by atoms with E-state index in [9.17, 15) is 13.6 Å². The molecule has 0 aliphatic carbocycles. The van der Waals surface area contributed by atoms with Gasteiger partial charge in [-0.3, -0.25) is 4.79 Å². The van der Waals surface area contributed by atoms with Crippen LogP contribution < -0.4 is 5.32 Å². The number of H-pyrrole nitrogens is 1. The third-order valence-corrected chi connectivity index (χ3v) is 4.57. The van der Waals surface area contributed by atoms with Crippen molar-refractivity contribution in [3.8, 4) is 11.3 Å². The Morgan fingerprint density at radius 3 is 2.63 bits per heavy atom. The molecule has 0 spiro atoms. The number of aliphatic hydroxyl groups excluding tert-OH is 1. The molecule has 0 saturated carbocycles. The quantitative estimate of drug-likeness (QED) is 0.588. The molecule has 0 unspecified atom stereocenters. The molecule has 2 aromatic carbocycles. The number of nitrogens with one attached hydrogen (secondary N) is 2. The molecular weight excluding hydrogens is 374 g/mol. The maximum Gasteiger partial charge on any atom is 0.220 e. The van der Waals surface area contributed by atoms with E-state index in [1.165, 1.54) is 18.2 Å². The van der Waals surface area contributed by atoms with Crippen molar-refractivity contribution in [2.24, 2.45) is 0 Å². The van der Waals surface area contributed by atoms with Crippen molar-refractivity contribution in [2.45, 2.75) is 25.8 Å². The molecule has 1 atom stereocenters. The van der Waals surface area contributed by atoms with Gasteiger partial charge in [-0.1, -0.05) is 11.6 Å². The Balaban J connectivity index is 2.01. The predicted octanol–water partition coefficient (Wildman–Crippen LogP) is 4.20. The van der Waals surface area contributed by atoms with Gasteiger partial charge in [0.25, 0.3) is 0 Å².